The van der Waals surface area contributed by atoms with Crippen LogP contribution in [0.4, 0.5) is 5.69 Å². The Kier molecular flexibility index (Phi) is 5.20. The molecule has 0 aliphatic carbocycles. The van der Waals surface area contributed by atoms with Crippen molar-refractivity contribution < 1.29 is 4.79 Å². The first-order valence-corrected chi connectivity index (χ1v) is 7.77. The first-order valence-electron chi connectivity index (χ1n) is 6.58. The van der Waals surface area contributed by atoms with Gasteiger partial charge in [0.05, 0.1) is 0 Å². The monoisotopic (exact) mass is 321 g/mol. The van der Waals surface area contributed by atoms with Gasteiger partial charge in [-0.15, -0.1) is 0 Å². The fraction of sp³-hybridized carbons (Fsp3) is 0.267. The van der Waals surface area contributed by atoms with E-state index in [0.717, 1.165) is 33.4 Å². The lowest BCUT2D eigenvalue weighted by Crippen LogP contribution is -2.05. The summed E-state index contributed by atoms with van der Waals surface area (Å²) >= 11 is 7.67. The predicted molar refractivity (Wildman–Crippen MR) is 86.0 cm³/mol. The molecule has 1 N–H and O–H groups in total. The van der Waals surface area contributed by atoms with E-state index in [1.54, 1.807) is 0 Å². The smallest absolute Gasteiger partial charge is 0.221 e. The lowest BCUT2D eigenvalue weighted by Gasteiger charge is -2.08. The minimum Gasteiger partial charge on any atom is -0.326 e. The lowest BCUT2D eigenvalue weighted by atomic mass is 10.3. The van der Waals surface area contributed by atoms with Gasteiger partial charge in [-0.25, -0.2) is 9.97 Å². The summed E-state index contributed by atoms with van der Waals surface area (Å²) in [4.78, 5) is 20.8. The molecule has 21 heavy (non-hydrogen) atoms. The maximum atomic E-state index is 11.0. The summed E-state index contributed by atoms with van der Waals surface area (Å²) in [5.74, 6) is 0.657. The number of nitrogens with one attached hydrogen (secondary N) is 1. The number of hydrogen-bond donors (Lipinski definition) is 1. The van der Waals surface area contributed by atoms with Crippen molar-refractivity contribution in [2.45, 2.75) is 37.1 Å². The quantitative estimate of drug-likeness (QED) is 0.861. The summed E-state index contributed by atoms with van der Waals surface area (Å²) < 4.78 is 0. The number of halogens is 1. The normalized spacial score (nSPS) is 10.5. The van der Waals surface area contributed by atoms with Crippen LogP contribution in [0.15, 0.2) is 34.2 Å². The second kappa shape index (κ2) is 6.91. The predicted octanol–water partition coefficient (Wildman–Crippen LogP) is 4.11. The van der Waals surface area contributed by atoms with Crippen molar-refractivity contribution in [1.29, 1.82) is 0 Å². The van der Waals surface area contributed by atoms with Crippen LogP contribution in [0, 0.1) is 6.92 Å². The number of carbonyl (C=O) groups is 1. The minimum absolute atomic E-state index is 0.0820. The molecule has 110 valence electrons. The number of anilines is 1. The van der Waals surface area contributed by atoms with Crippen LogP contribution in [0.5, 0.6) is 0 Å². The van der Waals surface area contributed by atoms with Crippen molar-refractivity contribution in [3.63, 3.8) is 0 Å². The van der Waals surface area contributed by atoms with Crippen LogP contribution in [0.25, 0.3) is 0 Å². The van der Waals surface area contributed by atoms with Crippen molar-refractivity contribution in [2.75, 3.05) is 5.32 Å². The summed E-state index contributed by atoms with van der Waals surface area (Å²) in [6.07, 6.45) is 0.745. The lowest BCUT2D eigenvalue weighted by molar-refractivity contribution is -0.114. The van der Waals surface area contributed by atoms with Gasteiger partial charge in [0.15, 0.2) is 0 Å². The molecule has 0 atom stereocenters. The largest absolute Gasteiger partial charge is 0.326 e. The highest BCUT2D eigenvalue weighted by Gasteiger charge is 2.10. The van der Waals surface area contributed by atoms with Gasteiger partial charge in [0.25, 0.3) is 0 Å². The summed E-state index contributed by atoms with van der Waals surface area (Å²) in [5.41, 5.74) is 1.66. The number of aryl methyl sites for hydroxylation is 1. The van der Waals surface area contributed by atoms with E-state index in [9.17, 15) is 4.79 Å². The molecule has 0 saturated carbocycles. The Morgan fingerprint density at radius 1 is 1.29 bits per heavy atom. The molecule has 0 aliphatic heterocycles. The standard InChI is InChI=1S/C15H16ClN3OS/c1-4-13-18-14(16)9(2)15(19-13)21-12-7-5-11(6-8-12)17-10(3)20/h5-8H,4H2,1-3H3,(H,17,20). The number of benzene rings is 1. The zero-order valence-electron chi connectivity index (χ0n) is 12.1. The first kappa shape index (κ1) is 15.8. The van der Waals surface area contributed by atoms with Gasteiger partial charge >= 0.3 is 0 Å². The molecule has 0 fully saturated rings. The maximum absolute atomic E-state index is 11.0. The molecule has 0 saturated heterocycles. The second-order valence-electron chi connectivity index (χ2n) is 4.52. The van der Waals surface area contributed by atoms with Gasteiger partial charge in [-0.1, -0.05) is 30.3 Å². The molecule has 1 aromatic heterocycles. The maximum Gasteiger partial charge on any atom is 0.221 e. The van der Waals surface area contributed by atoms with E-state index in [1.807, 2.05) is 38.1 Å². The highest BCUT2D eigenvalue weighted by molar-refractivity contribution is 7.99. The van der Waals surface area contributed by atoms with E-state index in [0.29, 0.717) is 5.15 Å². The van der Waals surface area contributed by atoms with Gasteiger partial charge in [-0.2, -0.15) is 0 Å². The van der Waals surface area contributed by atoms with Gasteiger partial charge in [0.2, 0.25) is 5.91 Å². The molecular weight excluding hydrogens is 306 g/mol. The van der Waals surface area contributed by atoms with E-state index in [-0.39, 0.29) is 5.91 Å². The highest BCUT2D eigenvalue weighted by Crippen LogP contribution is 2.31. The van der Waals surface area contributed by atoms with Crippen LogP contribution < -0.4 is 5.32 Å². The molecule has 2 aromatic rings. The second-order valence-corrected chi connectivity index (χ2v) is 5.94. The Hall–Kier alpha value is -1.59. The fourth-order valence-electron chi connectivity index (χ4n) is 1.69. The van der Waals surface area contributed by atoms with Crippen molar-refractivity contribution in [2.24, 2.45) is 0 Å². The van der Waals surface area contributed by atoms with Crippen molar-refractivity contribution in [3.05, 3.63) is 40.8 Å². The third kappa shape index (κ3) is 4.19. The average Bonchev–Trinajstić information content (AvgIpc) is 2.45. The van der Waals surface area contributed by atoms with E-state index in [1.165, 1.54) is 18.7 Å². The van der Waals surface area contributed by atoms with Crippen LogP contribution in [-0.2, 0) is 11.2 Å². The molecule has 6 heteroatoms. The molecule has 0 unspecified atom stereocenters. The SMILES string of the molecule is CCc1nc(Cl)c(C)c(Sc2ccc(NC(C)=O)cc2)n1. The molecule has 1 aromatic carbocycles. The molecule has 1 amide bonds. The van der Waals surface area contributed by atoms with E-state index in [2.05, 4.69) is 15.3 Å². The number of hydrogen-bond acceptors (Lipinski definition) is 4. The molecule has 0 radical (unpaired) electrons. The third-order valence-electron chi connectivity index (χ3n) is 2.79. The first-order chi connectivity index (χ1) is 9.99. The minimum atomic E-state index is -0.0820. The Morgan fingerprint density at radius 3 is 2.52 bits per heavy atom. The van der Waals surface area contributed by atoms with E-state index in [4.69, 9.17) is 11.6 Å². The van der Waals surface area contributed by atoms with E-state index >= 15 is 0 Å². The topological polar surface area (TPSA) is 54.9 Å². The Morgan fingerprint density at radius 2 is 1.95 bits per heavy atom. The van der Waals surface area contributed by atoms with Crippen molar-refractivity contribution in [3.8, 4) is 0 Å². The fourth-order valence-corrected chi connectivity index (χ4v) is 2.83. The third-order valence-corrected chi connectivity index (χ3v) is 4.26. The number of amides is 1. The van der Waals surface area contributed by atoms with Gasteiger partial charge in [-0.3, -0.25) is 4.79 Å². The molecule has 0 spiro atoms. The molecule has 0 bridgehead atoms. The molecule has 0 aliphatic rings. The Balaban J connectivity index is 2.21. The van der Waals surface area contributed by atoms with Crippen molar-refractivity contribution in [1.82, 2.24) is 9.97 Å². The van der Waals surface area contributed by atoms with Crippen LogP contribution in [0.1, 0.15) is 25.2 Å². The van der Waals surface area contributed by atoms with E-state index < -0.39 is 0 Å². The molecular formula is C15H16ClN3OS. The zero-order valence-corrected chi connectivity index (χ0v) is 13.7. The summed E-state index contributed by atoms with van der Waals surface area (Å²) in [7, 11) is 0. The Bertz CT molecular complexity index is 659. The molecule has 2 rings (SSSR count). The Labute approximate surface area is 133 Å². The summed E-state index contributed by atoms with van der Waals surface area (Å²) in [5, 5.41) is 4.10. The van der Waals surface area contributed by atoms with Gasteiger partial charge < -0.3 is 5.32 Å². The molecule has 1 heterocycles. The summed E-state index contributed by atoms with van der Waals surface area (Å²) in [6.45, 7) is 5.40. The van der Waals surface area contributed by atoms with Crippen LogP contribution in [-0.4, -0.2) is 15.9 Å². The number of nitrogens with zero attached hydrogens (tertiary/aromatic N) is 2. The van der Waals surface area contributed by atoms with Gasteiger partial charge in [0, 0.05) is 29.5 Å². The van der Waals surface area contributed by atoms with Crippen LogP contribution >= 0.6 is 23.4 Å². The summed E-state index contributed by atoms with van der Waals surface area (Å²) in [6, 6.07) is 7.61. The average molecular weight is 322 g/mol. The highest BCUT2D eigenvalue weighted by atomic mass is 35.5. The number of carbonyl (C=O) groups excluding carboxylic acids is 1. The zero-order chi connectivity index (χ0) is 15.4. The van der Waals surface area contributed by atoms with Crippen molar-refractivity contribution >= 4 is 35.0 Å². The van der Waals surface area contributed by atoms with Gasteiger partial charge in [-0.05, 0) is 31.2 Å². The van der Waals surface area contributed by atoms with Gasteiger partial charge in [0.1, 0.15) is 16.0 Å². The molecule has 4 nitrogen and oxygen atoms in total. The van der Waals surface area contributed by atoms with Crippen LogP contribution in [0.2, 0.25) is 5.15 Å². The number of aromatic nitrogens is 2. The number of rotatable bonds is 4. The van der Waals surface area contributed by atoms with Crippen LogP contribution in [0.3, 0.4) is 0 Å².